The van der Waals surface area contributed by atoms with Crippen molar-refractivity contribution < 1.29 is 9.59 Å². The summed E-state index contributed by atoms with van der Waals surface area (Å²) in [4.78, 5) is 26.1. The number of anilines is 2. The number of nitrogens with zero attached hydrogens (tertiary/aromatic N) is 1. The smallest absolute Gasteiger partial charge is 0.227 e. The maximum absolute atomic E-state index is 12.5. The Labute approximate surface area is 154 Å². The quantitative estimate of drug-likeness (QED) is 0.867. The first-order valence-electron chi connectivity index (χ1n) is 9.05. The van der Waals surface area contributed by atoms with Gasteiger partial charge in [0.2, 0.25) is 11.8 Å². The summed E-state index contributed by atoms with van der Waals surface area (Å²) in [7, 11) is 0. The van der Waals surface area contributed by atoms with Crippen LogP contribution in [0.3, 0.4) is 0 Å². The van der Waals surface area contributed by atoms with Gasteiger partial charge in [-0.25, -0.2) is 0 Å². The van der Waals surface area contributed by atoms with E-state index < -0.39 is 0 Å². The van der Waals surface area contributed by atoms with Gasteiger partial charge in [0, 0.05) is 30.8 Å². The van der Waals surface area contributed by atoms with Crippen LogP contribution in [0.15, 0.2) is 54.6 Å². The molecule has 0 spiro atoms. The zero-order valence-electron chi connectivity index (χ0n) is 15.1. The van der Waals surface area contributed by atoms with Gasteiger partial charge in [-0.3, -0.25) is 14.5 Å². The van der Waals surface area contributed by atoms with Crippen LogP contribution in [0.5, 0.6) is 0 Å². The van der Waals surface area contributed by atoms with Gasteiger partial charge in [0.15, 0.2) is 0 Å². The van der Waals surface area contributed by atoms with Gasteiger partial charge in [-0.2, -0.15) is 0 Å². The third-order valence-corrected chi connectivity index (χ3v) is 4.66. The molecule has 1 aliphatic rings. The van der Waals surface area contributed by atoms with Crippen LogP contribution in [0.4, 0.5) is 11.4 Å². The van der Waals surface area contributed by atoms with Gasteiger partial charge in [0.1, 0.15) is 0 Å². The second-order valence-corrected chi connectivity index (χ2v) is 6.79. The lowest BCUT2D eigenvalue weighted by molar-refractivity contribution is -0.121. The van der Waals surface area contributed by atoms with Crippen molar-refractivity contribution in [2.45, 2.75) is 26.3 Å². The Kier molecular flexibility index (Phi) is 6.02. The van der Waals surface area contributed by atoms with Crippen LogP contribution in [0.25, 0.3) is 0 Å². The lowest BCUT2D eigenvalue weighted by Crippen LogP contribution is -2.37. The molecule has 0 aromatic heterocycles. The Morgan fingerprint density at radius 2 is 1.62 bits per heavy atom. The summed E-state index contributed by atoms with van der Waals surface area (Å²) in [6, 6.07) is 17.7. The fraction of sp³-hybridized carbons (Fsp3) is 0.333. The number of amides is 2. The average Bonchev–Trinajstić information content (AvgIpc) is 2.63. The number of nitrogens with one attached hydrogen (secondary N) is 2. The lowest BCUT2D eigenvalue weighted by atomic mass is 9.95. The van der Waals surface area contributed by atoms with Gasteiger partial charge in [0.25, 0.3) is 0 Å². The molecule has 3 rings (SSSR count). The average molecular weight is 351 g/mol. The number of hydrogen-bond acceptors (Lipinski definition) is 3. The summed E-state index contributed by atoms with van der Waals surface area (Å²) in [6.45, 7) is 4.26. The highest BCUT2D eigenvalue weighted by atomic mass is 16.2. The Morgan fingerprint density at radius 1 is 0.962 bits per heavy atom. The minimum Gasteiger partial charge on any atom is -0.326 e. The highest BCUT2D eigenvalue weighted by Crippen LogP contribution is 2.22. The van der Waals surface area contributed by atoms with Crippen molar-refractivity contribution in [2.75, 3.05) is 23.7 Å². The fourth-order valence-corrected chi connectivity index (χ4v) is 3.32. The van der Waals surface area contributed by atoms with Gasteiger partial charge < -0.3 is 10.6 Å². The molecule has 136 valence electrons. The standard InChI is InChI=1S/C21H25N3O2/c1-16(25)22-19-8-5-9-20(14-19)23-21(26)18-10-12-24(13-11-18)15-17-6-3-2-4-7-17/h2-9,14,18H,10-13,15H2,1H3,(H,22,25)(H,23,26). The summed E-state index contributed by atoms with van der Waals surface area (Å²) >= 11 is 0. The van der Waals surface area contributed by atoms with E-state index in [2.05, 4.69) is 39.8 Å². The highest BCUT2D eigenvalue weighted by molar-refractivity contribution is 5.94. The van der Waals surface area contributed by atoms with Crippen LogP contribution < -0.4 is 10.6 Å². The predicted octanol–water partition coefficient (Wildman–Crippen LogP) is 3.50. The number of benzene rings is 2. The lowest BCUT2D eigenvalue weighted by Gasteiger charge is -2.31. The van der Waals surface area contributed by atoms with Crippen LogP contribution in [-0.2, 0) is 16.1 Å². The maximum atomic E-state index is 12.5. The van der Waals surface area contributed by atoms with Crippen LogP contribution in [0.2, 0.25) is 0 Å². The molecule has 26 heavy (non-hydrogen) atoms. The van der Waals surface area contributed by atoms with Crippen LogP contribution in [0, 0.1) is 5.92 Å². The van der Waals surface area contributed by atoms with E-state index in [9.17, 15) is 9.59 Å². The van der Waals surface area contributed by atoms with E-state index in [4.69, 9.17) is 0 Å². The number of carbonyl (C=O) groups excluding carboxylic acids is 2. The summed E-state index contributed by atoms with van der Waals surface area (Å²) in [5.41, 5.74) is 2.71. The molecule has 5 heteroatoms. The number of rotatable bonds is 5. The first-order chi connectivity index (χ1) is 12.6. The molecule has 0 unspecified atom stereocenters. The van der Waals surface area contributed by atoms with Gasteiger partial charge in [-0.15, -0.1) is 0 Å². The summed E-state index contributed by atoms with van der Waals surface area (Å²) in [5, 5.41) is 5.71. The molecular weight excluding hydrogens is 326 g/mol. The normalized spacial score (nSPS) is 15.4. The number of piperidine rings is 1. The zero-order chi connectivity index (χ0) is 18.4. The minimum absolute atomic E-state index is 0.0337. The number of carbonyl (C=O) groups is 2. The van der Waals surface area contributed by atoms with E-state index in [1.807, 2.05) is 18.2 Å². The molecule has 0 bridgehead atoms. The van der Waals surface area contributed by atoms with Gasteiger partial charge in [-0.05, 0) is 49.7 Å². The Bertz CT molecular complexity index is 753. The van der Waals surface area contributed by atoms with Crippen molar-refractivity contribution in [2.24, 2.45) is 5.92 Å². The van der Waals surface area contributed by atoms with E-state index in [1.54, 1.807) is 12.1 Å². The van der Waals surface area contributed by atoms with Crippen molar-refractivity contribution in [3.05, 3.63) is 60.2 Å². The topological polar surface area (TPSA) is 61.4 Å². The minimum atomic E-state index is -0.126. The van der Waals surface area contributed by atoms with E-state index in [-0.39, 0.29) is 17.7 Å². The molecule has 2 amide bonds. The molecule has 2 aromatic rings. The van der Waals surface area contributed by atoms with Crippen molar-refractivity contribution >= 4 is 23.2 Å². The molecule has 1 heterocycles. The second kappa shape index (κ2) is 8.63. The molecule has 0 aliphatic carbocycles. The zero-order valence-corrected chi connectivity index (χ0v) is 15.1. The van der Waals surface area contributed by atoms with Crippen molar-refractivity contribution in [3.63, 3.8) is 0 Å². The first-order valence-corrected chi connectivity index (χ1v) is 9.05. The van der Waals surface area contributed by atoms with Crippen molar-refractivity contribution in [1.29, 1.82) is 0 Å². The van der Waals surface area contributed by atoms with Crippen LogP contribution in [0.1, 0.15) is 25.3 Å². The molecule has 0 radical (unpaired) electrons. The Hall–Kier alpha value is -2.66. The molecule has 2 N–H and O–H groups in total. The van der Waals surface area contributed by atoms with Gasteiger partial charge in [-0.1, -0.05) is 36.4 Å². The first kappa shape index (κ1) is 18.1. The van der Waals surface area contributed by atoms with E-state index in [1.165, 1.54) is 12.5 Å². The largest absolute Gasteiger partial charge is 0.326 e. The highest BCUT2D eigenvalue weighted by Gasteiger charge is 2.25. The second-order valence-electron chi connectivity index (χ2n) is 6.79. The molecule has 0 atom stereocenters. The Balaban J connectivity index is 1.50. The van der Waals surface area contributed by atoms with E-state index >= 15 is 0 Å². The number of likely N-dealkylation sites (tertiary alicyclic amines) is 1. The SMILES string of the molecule is CC(=O)Nc1cccc(NC(=O)C2CCN(Cc3ccccc3)CC2)c1. The maximum Gasteiger partial charge on any atom is 0.227 e. The summed E-state index contributed by atoms with van der Waals surface area (Å²) in [6.07, 6.45) is 1.73. The monoisotopic (exact) mass is 351 g/mol. The van der Waals surface area contributed by atoms with Crippen LogP contribution in [-0.4, -0.2) is 29.8 Å². The molecule has 1 fully saturated rings. The molecular formula is C21H25N3O2. The molecule has 1 aliphatic heterocycles. The number of hydrogen-bond donors (Lipinski definition) is 2. The summed E-state index contributed by atoms with van der Waals surface area (Å²) in [5.74, 6) is -0.0324. The fourth-order valence-electron chi connectivity index (χ4n) is 3.32. The van der Waals surface area contributed by atoms with E-state index in [0.717, 1.165) is 32.5 Å². The van der Waals surface area contributed by atoms with Crippen molar-refractivity contribution in [3.8, 4) is 0 Å². The Morgan fingerprint density at radius 3 is 2.27 bits per heavy atom. The third-order valence-electron chi connectivity index (χ3n) is 4.66. The van der Waals surface area contributed by atoms with Crippen LogP contribution >= 0.6 is 0 Å². The predicted molar refractivity (Wildman–Crippen MR) is 104 cm³/mol. The van der Waals surface area contributed by atoms with E-state index in [0.29, 0.717) is 11.4 Å². The van der Waals surface area contributed by atoms with Crippen molar-refractivity contribution in [1.82, 2.24) is 4.90 Å². The molecule has 0 saturated carbocycles. The molecule has 1 saturated heterocycles. The molecule has 5 nitrogen and oxygen atoms in total. The van der Waals surface area contributed by atoms with Gasteiger partial charge in [0.05, 0.1) is 0 Å². The molecule has 2 aromatic carbocycles. The summed E-state index contributed by atoms with van der Waals surface area (Å²) < 4.78 is 0. The van der Waals surface area contributed by atoms with Gasteiger partial charge >= 0.3 is 0 Å². The third kappa shape index (κ3) is 5.17.